The van der Waals surface area contributed by atoms with Crippen molar-refractivity contribution in [1.82, 2.24) is 4.57 Å². The number of allylic oxidation sites excluding steroid dienone is 1. The molecule has 2 aromatic rings. The molecule has 0 amide bonds. The molecular formula is C14H13N3O2. The summed E-state index contributed by atoms with van der Waals surface area (Å²) in [6, 6.07) is 4.99. The Hall–Kier alpha value is -2.43. The second-order valence-corrected chi connectivity index (χ2v) is 4.61. The molecule has 1 aliphatic heterocycles. The van der Waals surface area contributed by atoms with Crippen LogP contribution in [0.15, 0.2) is 35.5 Å². The fourth-order valence-electron chi connectivity index (χ4n) is 2.46. The van der Waals surface area contributed by atoms with Gasteiger partial charge in [0, 0.05) is 54.6 Å². The van der Waals surface area contributed by atoms with Crippen LogP contribution in [0.25, 0.3) is 16.5 Å². The van der Waals surface area contributed by atoms with Crippen LogP contribution in [0.5, 0.6) is 0 Å². The molecule has 2 heterocycles. The van der Waals surface area contributed by atoms with Gasteiger partial charge >= 0.3 is 0 Å². The maximum Gasteiger partial charge on any atom is 0.270 e. The van der Waals surface area contributed by atoms with Gasteiger partial charge in [0.15, 0.2) is 0 Å². The van der Waals surface area contributed by atoms with E-state index in [1.54, 1.807) is 24.4 Å². The third kappa shape index (κ3) is 1.93. The third-order valence-corrected chi connectivity index (χ3v) is 3.42. The number of fused-ring (bicyclic) bond motifs is 1. The highest BCUT2D eigenvalue weighted by Crippen LogP contribution is 2.31. The molecule has 96 valence electrons. The average Bonchev–Trinajstić information content (AvgIpc) is 2.77. The first kappa shape index (κ1) is 11.6. The van der Waals surface area contributed by atoms with Crippen LogP contribution in [0.3, 0.4) is 0 Å². The van der Waals surface area contributed by atoms with E-state index in [0.29, 0.717) is 0 Å². The molecular weight excluding hydrogens is 242 g/mol. The third-order valence-electron chi connectivity index (χ3n) is 3.42. The summed E-state index contributed by atoms with van der Waals surface area (Å²) in [6.45, 7) is 0.775. The maximum atomic E-state index is 10.9. The van der Waals surface area contributed by atoms with Crippen LogP contribution < -0.4 is 0 Å². The van der Waals surface area contributed by atoms with Crippen molar-refractivity contribution < 1.29 is 4.92 Å². The van der Waals surface area contributed by atoms with E-state index in [9.17, 15) is 10.1 Å². The Balaban J connectivity index is 2.24. The zero-order valence-corrected chi connectivity index (χ0v) is 10.5. The minimum atomic E-state index is -0.354. The normalized spacial score (nSPS) is 14.7. The molecule has 0 N–H and O–H groups in total. The summed E-state index contributed by atoms with van der Waals surface area (Å²) in [5.74, 6) is 0. The number of dihydropyridines is 1. The molecule has 5 nitrogen and oxygen atoms in total. The van der Waals surface area contributed by atoms with E-state index in [1.807, 2.05) is 23.9 Å². The van der Waals surface area contributed by atoms with Crippen molar-refractivity contribution >= 4 is 28.4 Å². The van der Waals surface area contributed by atoms with Crippen LogP contribution >= 0.6 is 0 Å². The Kier molecular flexibility index (Phi) is 2.67. The Morgan fingerprint density at radius 1 is 1.42 bits per heavy atom. The van der Waals surface area contributed by atoms with Crippen LogP contribution in [0.4, 0.5) is 5.69 Å². The van der Waals surface area contributed by atoms with Crippen molar-refractivity contribution in [2.75, 3.05) is 6.54 Å². The van der Waals surface area contributed by atoms with E-state index in [1.165, 1.54) is 5.57 Å². The second kappa shape index (κ2) is 4.35. The molecule has 1 aliphatic rings. The van der Waals surface area contributed by atoms with Gasteiger partial charge in [-0.2, -0.15) is 0 Å². The predicted molar refractivity (Wildman–Crippen MR) is 75.5 cm³/mol. The quantitative estimate of drug-likeness (QED) is 0.611. The van der Waals surface area contributed by atoms with Crippen molar-refractivity contribution in [3.05, 3.63) is 46.1 Å². The van der Waals surface area contributed by atoms with Gasteiger partial charge in [-0.25, -0.2) is 0 Å². The molecule has 0 atom stereocenters. The number of nitro groups is 1. The number of hydrogen-bond acceptors (Lipinski definition) is 3. The number of hydrogen-bond donors (Lipinski definition) is 0. The van der Waals surface area contributed by atoms with Crippen LogP contribution in [0.1, 0.15) is 12.0 Å². The van der Waals surface area contributed by atoms with Crippen molar-refractivity contribution in [1.29, 1.82) is 0 Å². The van der Waals surface area contributed by atoms with Gasteiger partial charge in [0.05, 0.1) is 4.92 Å². The molecule has 19 heavy (non-hydrogen) atoms. The summed E-state index contributed by atoms with van der Waals surface area (Å²) in [6.07, 6.45) is 6.68. The number of aromatic nitrogens is 1. The smallest absolute Gasteiger partial charge is 0.270 e. The summed E-state index contributed by atoms with van der Waals surface area (Å²) < 4.78 is 2.00. The summed E-state index contributed by atoms with van der Waals surface area (Å²) in [5.41, 5.74) is 3.38. The Bertz CT molecular complexity index is 726. The molecule has 0 saturated heterocycles. The summed E-state index contributed by atoms with van der Waals surface area (Å²) in [5, 5.41) is 11.8. The van der Waals surface area contributed by atoms with E-state index in [-0.39, 0.29) is 10.6 Å². The molecule has 0 aliphatic carbocycles. The predicted octanol–water partition coefficient (Wildman–Crippen LogP) is 2.94. The van der Waals surface area contributed by atoms with E-state index in [4.69, 9.17) is 0 Å². The van der Waals surface area contributed by atoms with Crippen molar-refractivity contribution in [3.8, 4) is 0 Å². The number of nitrogens with zero attached hydrogens (tertiary/aromatic N) is 3. The highest BCUT2D eigenvalue weighted by atomic mass is 16.6. The van der Waals surface area contributed by atoms with E-state index in [0.717, 1.165) is 29.4 Å². The molecule has 0 unspecified atom stereocenters. The summed E-state index contributed by atoms with van der Waals surface area (Å²) >= 11 is 0. The fourth-order valence-corrected chi connectivity index (χ4v) is 2.46. The molecule has 1 aromatic heterocycles. The second-order valence-electron chi connectivity index (χ2n) is 4.61. The fraction of sp³-hybridized carbons (Fsp3) is 0.214. The molecule has 0 bridgehead atoms. The Morgan fingerprint density at radius 3 is 2.95 bits per heavy atom. The standard InChI is InChI=1S/C14H13N3O2/c1-16-9-13(10-4-6-15-7-5-10)12-8-11(17(18)19)2-3-14(12)16/h2-4,6,8-9H,5,7H2,1H3. The topological polar surface area (TPSA) is 60.4 Å². The lowest BCUT2D eigenvalue weighted by Gasteiger charge is -2.07. The first-order valence-electron chi connectivity index (χ1n) is 6.09. The highest BCUT2D eigenvalue weighted by Gasteiger charge is 2.15. The molecule has 0 spiro atoms. The summed E-state index contributed by atoms with van der Waals surface area (Å²) in [4.78, 5) is 14.7. The zero-order chi connectivity index (χ0) is 13.4. The van der Waals surface area contributed by atoms with Crippen LogP contribution in [-0.2, 0) is 7.05 Å². The van der Waals surface area contributed by atoms with Crippen LogP contribution in [-0.4, -0.2) is 22.2 Å². The van der Waals surface area contributed by atoms with Crippen LogP contribution in [0, 0.1) is 10.1 Å². The van der Waals surface area contributed by atoms with Gasteiger partial charge in [0.25, 0.3) is 5.69 Å². The number of benzene rings is 1. The molecule has 3 rings (SSSR count). The van der Waals surface area contributed by atoms with Gasteiger partial charge in [-0.05, 0) is 24.1 Å². The number of rotatable bonds is 2. The van der Waals surface area contributed by atoms with Gasteiger partial charge in [0.1, 0.15) is 0 Å². The van der Waals surface area contributed by atoms with Crippen LogP contribution in [0.2, 0.25) is 0 Å². The number of non-ortho nitro benzene ring substituents is 1. The number of aliphatic imine (C=N–C) groups is 1. The van der Waals surface area contributed by atoms with Crippen molar-refractivity contribution in [2.24, 2.45) is 12.0 Å². The van der Waals surface area contributed by atoms with Gasteiger partial charge in [0.2, 0.25) is 0 Å². The zero-order valence-electron chi connectivity index (χ0n) is 10.5. The minimum Gasteiger partial charge on any atom is -0.350 e. The van der Waals surface area contributed by atoms with E-state index >= 15 is 0 Å². The van der Waals surface area contributed by atoms with Gasteiger partial charge in [-0.1, -0.05) is 0 Å². The SMILES string of the molecule is Cn1cc(C2=CC=NCC2)c2cc([N+](=O)[O-])ccc21. The van der Waals surface area contributed by atoms with E-state index in [2.05, 4.69) is 4.99 Å². The first-order chi connectivity index (χ1) is 9.16. The lowest BCUT2D eigenvalue weighted by Crippen LogP contribution is -1.94. The minimum absolute atomic E-state index is 0.130. The highest BCUT2D eigenvalue weighted by molar-refractivity contribution is 5.98. The molecule has 0 fully saturated rings. The molecule has 0 saturated carbocycles. The molecule has 0 radical (unpaired) electrons. The van der Waals surface area contributed by atoms with E-state index < -0.39 is 0 Å². The van der Waals surface area contributed by atoms with Crippen molar-refractivity contribution in [2.45, 2.75) is 6.42 Å². The largest absolute Gasteiger partial charge is 0.350 e. The van der Waals surface area contributed by atoms with Gasteiger partial charge < -0.3 is 4.57 Å². The van der Waals surface area contributed by atoms with Crippen molar-refractivity contribution in [3.63, 3.8) is 0 Å². The average molecular weight is 255 g/mol. The number of nitro benzene ring substituents is 1. The maximum absolute atomic E-state index is 10.9. The molecule has 5 heteroatoms. The lowest BCUT2D eigenvalue weighted by molar-refractivity contribution is -0.384. The van der Waals surface area contributed by atoms with Gasteiger partial charge in [-0.3, -0.25) is 15.1 Å². The molecule has 1 aromatic carbocycles. The monoisotopic (exact) mass is 255 g/mol. The lowest BCUT2D eigenvalue weighted by atomic mass is 10.0. The number of aryl methyl sites for hydroxylation is 1. The Labute approximate surface area is 110 Å². The Morgan fingerprint density at radius 2 is 2.26 bits per heavy atom. The van der Waals surface area contributed by atoms with Gasteiger partial charge in [-0.15, -0.1) is 0 Å². The first-order valence-corrected chi connectivity index (χ1v) is 6.09. The summed E-state index contributed by atoms with van der Waals surface area (Å²) in [7, 11) is 1.95.